The van der Waals surface area contributed by atoms with Crippen molar-refractivity contribution in [1.29, 1.82) is 0 Å². The number of nitrogens with one attached hydrogen (secondary N) is 3. The zero-order valence-corrected chi connectivity index (χ0v) is 17.5. The second-order valence-electron chi connectivity index (χ2n) is 7.29. The fourth-order valence-corrected chi connectivity index (χ4v) is 2.56. The number of hydrogen-bond acceptors (Lipinski definition) is 7. The third kappa shape index (κ3) is 8.89. The van der Waals surface area contributed by atoms with Crippen molar-refractivity contribution in [2.24, 2.45) is 17.6 Å². The monoisotopic (exact) mass is 420 g/mol. The predicted octanol–water partition coefficient (Wildman–Crippen LogP) is -1.52. The molecular weight excluding hydrogens is 388 g/mol. The molecule has 0 fully saturated rings. The van der Waals surface area contributed by atoms with Gasteiger partial charge in [-0.05, 0) is 18.3 Å². The zero-order valence-electron chi connectivity index (χ0n) is 16.6. The van der Waals surface area contributed by atoms with Gasteiger partial charge in [0.1, 0.15) is 24.2 Å². The Kier molecular flexibility index (Phi) is 11.7. The molecule has 4 atom stereocenters. The molecule has 0 radical (unpaired) electrons. The Morgan fingerprint density at radius 1 is 0.929 bits per heavy atom. The molecule has 0 saturated heterocycles. The summed E-state index contributed by atoms with van der Waals surface area (Å²) in [7, 11) is 0. The van der Waals surface area contributed by atoms with Gasteiger partial charge in [-0.15, -0.1) is 0 Å². The summed E-state index contributed by atoms with van der Waals surface area (Å²) in [5.74, 6) is -3.55. The van der Waals surface area contributed by atoms with Gasteiger partial charge in [0.15, 0.2) is 0 Å². The lowest BCUT2D eigenvalue weighted by Crippen LogP contribution is -2.59. The summed E-state index contributed by atoms with van der Waals surface area (Å²) in [5, 5.41) is 25.5. The highest BCUT2D eigenvalue weighted by atomic mass is 32.1. The number of thiol groups is 1. The maximum Gasteiger partial charge on any atom is 0.326 e. The molecule has 0 bridgehead atoms. The number of nitrogens with two attached hydrogens (primary N) is 1. The van der Waals surface area contributed by atoms with Gasteiger partial charge < -0.3 is 31.9 Å². The maximum absolute atomic E-state index is 12.5. The van der Waals surface area contributed by atoms with Crippen LogP contribution in [0.15, 0.2) is 0 Å². The zero-order chi connectivity index (χ0) is 22.0. The van der Waals surface area contributed by atoms with Crippen molar-refractivity contribution >= 4 is 36.3 Å². The summed E-state index contributed by atoms with van der Waals surface area (Å²) in [6, 6.07) is -4.35. The largest absolute Gasteiger partial charge is 0.480 e. The molecule has 11 heteroatoms. The third-order valence-electron chi connectivity index (χ3n) is 3.92. The first-order valence-corrected chi connectivity index (χ1v) is 9.68. The van der Waals surface area contributed by atoms with E-state index in [0.29, 0.717) is 0 Å². The molecule has 7 N–H and O–H groups in total. The summed E-state index contributed by atoms with van der Waals surface area (Å²) >= 11 is 4.05. The van der Waals surface area contributed by atoms with Gasteiger partial charge in [0.25, 0.3) is 0 Å². The lowest BCUT2D eigenvalue weighted by molar-refractivity contribution is -0.142. The molecule has 0 aliphatic heterocycles. The van der Waals surface area contributed by atoms with Crippen LogP contribution < -0.4 is 21.7 Å². The molecule has 0 rings (SSSR count). The number of aliphatic hydroxyl groups excluding tert-OH is 1. The van der Waals surface area contributed by atoms with Gasteiger partial charge in [-0.25, -0.2) is 4.79 Å². The van der Waals surface area contributed by atoms with Gasteiger partial charge >= 0.3 is 5.97 Å². The van der Waals surface area contributed by atoms with Crippen molar-refractivity contribution in [3.05, 3.63) is 0 Å². The number of hydrogen-bond donors (Lipinski definition) is 7. The molecule has 0 aliphatic rings. The summed E-state index contributed by atoms with van der Waals surface area (Å²) in [6.07, 6.45) is 0.234. The number of aliphatic hydroxyl groups is 1. The van der Waals surface area contributed by atoms with Crippen LogP contribution in [0.25, 0.3) is 0 Å². The van der Waals surface area contributed by atoms with Gasteiger partial charge in [-0.3, -0.25) is 14.4 Å². The summed E-state index contributed by atoms with van der Waals surface area (Å²) in [5.41, 5.74) is 5.44. The molecule has 162 valence electrons. The minimum atomic E-state index is -1.18. The van der Waals surface area contributed by atoms with E-state index in [1.54, 1.807) is 13.8 Å². The first-order valence-electron chi connectivity index (χ1n) is 9.05. The first-order chi connectivity index (χ1) is 12.9. The van der Waals surface area contributed by atoms with Gasteiger partial charge in [-0.1, -0.05) is 27.7 Å². The molecule has 4 unspecified atom stereocenters. The number of amides is 3. The number of carboxylic acid groups (broad SMARTS) is 1. The molecule has 0 aromatic carbocycles. The van der Waals surface area contributed by atoms with Crippen molar-refractivity contribution in [3.63, 3.8) is 0 Å². The predicted molar refractivity (Wildman–Crippen MR) is 107 cm³/mol. The Balaban J connectivity index is 5.12. The van der Waals surface area contributed by atoms with Crippen LogP contribution in [-0.2, 0) is 19.2 Å². The molecule has 10 nitrogen and oxygen atoms in total. The molecule has 28 heavy (non-hydrogen) atoms. The average molecular weight is 421 g/mol. The quantitative estimate of drug-likeness (QED) is 0.188. The van der Waals surface area contributed by atoms with E-state index in [9.17, 15) is 24.3 Å². The molecule has 3 amide bonds. The normalized spacial score (nSPS) is 15.5. The van der Waals surface area contributed by atoms with E-state index in [-0.39, 0.29) is 24.0 Å². The smallest absolute Gasteiger partial charge is 0.326 e. The average Bonchev–Trinajstić information content (AvgIpc) is 2.61. The Hall–Kier alpha value is -1.85. The van der Waals surface area contributed by atoms with Crippen molar-refractivity contribution in [1.82, 2.24) is 16.0 Å². The van der Waals surface area contributed by atoms with Gasteiger partial charge in [0, 0.05) is 5.75 Å². The Morgan fingerprint density at radius 2 is 1.46 bits per heavy atom. The van der Waals surface area contributed by atoms with E-state index in [0.717, 1.165) is 0 Å². The van der Waals surface area contributed by atoms with Crippen LogP contribution in [0.3, 0.4) is 0 Å². The van der Waals surface area contributed by atoms with Crippen LogP contribution >= 0.6 is 12.6 Å². The van der Waals surface area contributed by atoms with Crippen molar-refractivity contribution < 1.29 is 29.4 Å². The van der Waals surface area contributed by atoms with Crippen LogP contribution in [0.5, 0.6) is 0 Å². The topological polar surface area (TPSA) is 171 Å². The minimum absolute atomic E-state index is 0.0432. The van der Waals surface area contributed by atoms with E-state index >= 15 is 0 Å². The standard InChI is InChI=1S/C17H32N4O6S/c1-8(2)5-11(17(26)27)19-15(24)12(7-28)20-16(25)13(9(3)4)21-14(23)10(18)6-22/h8-13,22,28H,5-7,18H2,1-4H3,(H,19,24)(H,20,25)(H,21,23)(H,26,27). The van der Waals surface area contributed by atoms with E-state index < -0.39 is 54.5 Å². The van der Waals surface area contributed by atoms with Crippen molar-refractivity contribution in [2.75, 3.05) is 12.4 Å². The van der Waals surface area contributed by atoms with E-state index in [2.05, 4.69) is 28.6 Å². The molecule has 0 aliphatic carbocycles. The van der Waals surface area contributed by atoms with Crippen LogP contribution in [0.4, 0.5) is 0 Å². The highest BCUT2D eigenvalue weighted by molar-refractivity contribution is 7.80. The molecule has 0 heterocycles. The molecule has 0 aromatic rings. The summed E-state index contributed by atoms with van der Waals surface area (Å²) in [4.78, 5) is 48.1. The minimum Gasteiger partial charge on any atom is -0.480 e. The maximum atomic E-state index is 12.5. The lowest BCUT2D eigenvalue weighted by Gasteiger charge is -2.26. The first kappa shape index (κ1) is 26.1. The number of aliphatic carboxylic acids is 1. The number of rotatable bonds is 12. The Labute approximate surface area is 170 Å². The highest BCUT2D eigenvalue weighted by Crippen LogP contribution is 2.07. The molecule has 0 aromatic heterocycles. The van der Waals surface area contributed by atoms with Gasteiger partial charge in [0.2, 0.25) is 17.7 Å². The molecular formula is C17H32N4O6S. The van der Waals surface area contributed by atoms with Gasteiger partial charge in [0.05, 0.1) is 6.61 Å². The van der Waals surface area contributed by atoms with E-state index in [4.69, 9.17) is 10.8 Å². The fraction of sp³-hybridized carbons (Fsp3) is 0.765. The Bertz CT molecular complexity index is 558. The summed E-state index contributed by atoms with van der Waals surface area (Å²) < 4.78 is 0. The summed E-state index contributed by atoms with van der Waals surface area (Å²) in [6.45, 7) is 6.45. The van der Waals surface area contributed by atoms with E-state index in [1.807, 2.05) is 13.8 Å². The molecule has 0 saturated carbocycles. The number of carbonyl (C=O) groups is 4. The lowest BCUT2D eigenvalue weighted by atomic mass is 10.0. The number of carbonyl (C=O) groups excluding carboxylic acids is 3. The van der Waals surface area contributed by atoms with Gasteiger partial charge in [-0.2, -0.15) is 12.6 Å². The molecule has 0 spiro atoms. The fourth-order valence-electron chi connectivity index (χ4n) is 2.30. The van der Waals surface area contributed by atoms with Crippen LogP contribution in [-0.4, -0.2) is 70.4 Å². The van der Waals surface area contributed by atoms with E-state index in [1.165, 1.54) is 0 Å². The Morgan fingerprint density at radius 3 is 1.86 bits per heavy atom. The SMILES string of the molecule is CC(C)CC(NC(=O)C(CS)NC(=O)C(NC(=O)C(N)CO)C(C)C)C(=O)O. The van der Waals surface area contributed by atoms with Crippen molar-refractivity contribution in [3.8, 4) is 0 Å². The van der Waals surface area contributed by atoms with Crippen molar-refractivity contribution in [2.45, 2.75) is 58.3 Å². The second kappa shape index (κ2) is 12.6. The highest BCUT2D eigenvalue weighted by Gasteiger charge is 2.31. The van der Waals surface area contributed by atoms with Crippen LogP contribution in [0.1, 0.15) is 34.1 Å². The van der Waals surface area contributed by atoms with Crippen LogP contribution in [0, 0.1) is 11.8 Å². The third-order valence-corrected chi connectivity index (χ3v) is 4.28. The van der Waals surface area contributed by atoms with Crippen LogP contribution in [0.2, 0.25) is 0 Å². The second-order valence-corrected chi connectivity index (χ2v) is 7.66. The number of carboxylic acids is 1.